The molecule has 0 fully saturated rings. The third-order valence-electron chi connectivity index (χ3n) is 2.69. The van der Waals surface area contributed by atoms with Crippen LogP contribution in [0.15, 0.2) is 0 Å². The third-order valence-corrected chi connectivity index (χ3v) is 3.85. The standard InChI is InChI=1S/C11H24N2O2S/c1-5-13(6-2)7-11(15)12-9(3)10(8-14)16-4/h9-10,14H,5-8H2,1-4H3,(H,12,15). The minimum absolute atomic E-state index is 0.00284. The Bertz CT molecular complexity index is 194. The molecule has 0 aliphatic rings. The SMILES string of the molecule is CCN(CC)CC(=O)NC(C)C(CO)SC. The molecular weight excluding hydrogens is 224 g/mol. The van der Waals surface area contributed by atoms with Crippen LogP contribution >= 0.6 is 11.8 Å². The van der Waals surface area contributed by atoms with Gasteiger partial charge in [-0.15, -0.1) is 0 Å². The van der Waals surface area contributed by atoms with E-state index in [0.29, 0.717) is 6.54 Å². The molecule has 0 aromatic rings. The molecule has 5 heteroatoms. The Morgan fingerprint density at radius 2 is 2.00 bits per heavy atom. The highest BCUT2D eigenvalue weighted by atomic mass is 32.2. The lowest BCUT2D eigenvalue weighted by Gasteiger charge is -2.23. The Labute approximate surface area is 103 Å². The summed E-state index contributed by atoms with van der Waals surface area (Å²) in [6.07, 6.45) is 1.94. The van der Waals surface area contributed by atoms with Gasteiger partial charge >= 0.3 is 0 Å². The fourth-order valence-corrected chi connectivity index (χ4v) is 2.10. The number of aliphatic hydroxyl groups is 1. The van der Waals surface area contributed by atoms with Crippen molar-refractivity contribution in [3.63, 3.8) is 0 Å². The average molecular weight is 248 g/mol. The van der Waals surface area contributed by atoms with Crippen LogP contribution < -0.4 is 5.32 Å². The van der Waals surface area contributed by atoms with Crippen molar-refractivity contribution in [3.8, 4) is 0 Å². The summed E-state index contributed by atoms with van der Waals surface area (Å²) >= 11 is 1.57. The predicted molar refractivity (Wildman–Crippen MR) is 69.8 cm³/mol. The maximum atomic E-state index is 11.7. The summed E-state index contributed by atoms with van der Waals surface area (Å²) in [7, 11) is 0. The van der Waals surface area contributed by atoms with E-state index in [4.69, 9.17) is 5.11 Å². The fraction of sp³-hybridized carbons (Fsp3) is 0.909. The average Bonchev–Trinajstić information content (AvgIpc) is 2.27. The van der Waals surface area contributed by atoms with E-state index in [-0.39, 0.29) is 23.8 Å². The lowest BCUT2D eigenvalue weighted by atomic mass is 10.2. The van der Waals surface area contributed by atoms with Crippen LogP contribution in [0.4, 0.5) is 0 Å². The number of hydrogen-bond acceptors (Lipinski definition) is 4. The Morgan fingerprint density at radius 1 is 1.44 bits per heavy atom. The molecule has 0 aliphatic heterocycles. The first-order valence-electron chi connectivity index (χ1n) is 5.74. The van der Waals surface area contributed by atoms with E-state index >= 15 is 0 Å². The van der Waals surface area contributed by atoms with Gasteiger partial charge in [-0.05, 0) is 26.3 Å². The quantitative estimate of drug-likeness (QED) is 0.659. The van der Waals surface area contributed by atoms with Gasteiger partial charge in [0.2, 0.25) is 5.91 Å². The summed E-state index contributed by atoms with van der Waals surface area (Å²) in [5.41, 5.74) is 0. The maximum absolute atomic E-state index is 11.7. The minimum Gasteiger partial charge on any atom is -0.395 e. The first-order chi connectivity index (χ1) is 7.58. The van der Waals surface area contributed by atoms with Gasteiger partial charge in [-0.25, -0.2) is 0 Å². The summed E-state index contributed by atoms with van der Waals surface area (Å²) in [6.45, 7) is 8.29. The number of thioether (sulfide) groups is 1. The van der Waals surface area contributed by atoms with Crippen molar-refractivity contribution in [2.45, 2.75) is 32.1 Å². The lowest BCUT2D eigenvalue weighted by Crippen LogP contribution is -2.45. The van der Waals surface area contributed by atoms with Crippen LogP contribution in [0.5, 0.6) is 0 Å². The van der Waals surface area contributed by atoms with Gasteiger partial charge in [0.25, 0.3) is 0 Å². The van der Waals surface area contributed by atoms with Crippen molar-refractivity contribution >= 4 is 17.7 Å². The van der Waals surface area contributed by atoms with Crippen LogP contribution in [0, 0.1) is 0 Å². The molecule has 0 saturated heterocycles. The molecule has 4 nitrogen and oxygen atoms in total. The number of nitrogens with zero attached hydrogens (tertiary/aromatic N) is 1. The summed E-state index contributed by atoms with van der Waals surface area (Å²) in [5, 5.41) is 12.1. The molecule has 0 heterocycles. The molecule has 2 N–H and O–H groups in total. The second kappa shape index (κ2) is 8.84. The van der Waals surface area contributed by atoms with Crippen molar-refractivity contribution in [2.24, 2.45) is 0 Å². The molecule has 0 rings (SSSR count). The highest BCUT2D eigenvalue weighted by Crippen LogP contribution is 2.09. The zero-order valence-corrected chi connectivity index (χ0v) is 11.5. The monoisotopic (exact) mass is 248 g/mol. The van der Waals surface area contributed by atoms with Gasteiger partial charge in [-0.2, -0.15) is 11.8 Å². The van der Waals surface area contributed by atoms with Gasteiger partial charge in [-0.3, -0.25) is 9.69 Å². The molecule has 0 saturated carbocycles. The zero-order valence-electron chi connectivity index (χ0n) is 10.7. The highest BCUT2D eigenvalue weighted by molar-refractivity contribution is 7.99. The van der Waals surface area contributed by atoms with E-state index in [9.17, 15) is 4.79 Å². The first kappa shape index (κ1) is 15.7. The largest absolute Gasteiger partial charge is 0.395 e. The van der Waals surface area contributed by atoms with E-state index < -0.39 is 0 Å². The maximum Gasteiger partial charge on any atom is 0.234 e. The summed E-state index contributed by atoms with van der Waals surface area (Å²) < 4.78 is 0. The molecule has 2 atom stereocenters. The molecule has 96 valence electrons. The van der Waals surface area contributed by atoms with E-state index in [0.717, 1.165) is 13.1 Å². The van der Waals surface area contributed by atoms with E-state index in [1.165, 1.54) is 0 Å². The van der Waals surface area contributed by atoms with Crippen LogP contribution in [0.25, 0.3) is 0 Å². The number of carbonyl (C=O) groups excluding carboxylic acids is 1. The number of hydrogen-bond donors (Lipinski definition) is 2. The van der Waals surface area contributed by atoms with Crippen molar-refractivity contribution in [1.82, 2.24) is 10.2 Å². The molecule has 0 aromatic heterocycles. The highest BCUT2D eigenvalue weighted by Gasteiger charge is 2.17. The van der Waals surface area contributed by atoms with Gasteiger partial charge < -0.3 is 10.4 Å². The van der Waals surface area contributed by atoms with Gasteiger partial charge in [0, 0.05) is 11.3 Å². The third kappa shape index (κ3) is 5.72. The number of likely N-dealkylation sites (N-methyl/N-ethyl adjacent to an activating group) is 1. The van der Waals surface area contributed by atoms with E-state index in [1.54, 1.807) is 11.8 Å². The van der Waals surface area contributed by atoms with Crippen LogP contribution in [0.2, 0.25) is 0 Å². The minimum atomic E-state index is 0.00284. The number of amides is 1. The zero-order chi connectivity index (χ0) is 12.6. The van der Waals surface area contributed by atoms with Gasteiger partial charge in [-0.1, -0.05) is 13.8 Å². The Balaban J connectivity index is 4.03. The Morgan fingerprint density at radius 3 is 2.38 bits per heavy atom. The van der Waals surface area contributed by atoms with Crippen LogP contribution in [-0.4, -0.2) is 59.7 Å². The van der Waals surface area contributed by atoms with Crippen LogP contribution in [0.3, 0.4) is 0 Å². The molecule has 16 heavy (non-hydrogen) atoms. The van der Waals surface area contributed by atoms with E-state index in [2.05, 4.69) is 10.2 Å². The van der Waals surface area contributed by atoms with Crippen molar-refractivity contribution < 1.29 is 9.90 Å². The van der Waals surface area contributed by atoms with E-state index in [1.807, 2.05) is 27.0 Å². The second-order valence-electron chi connectivity index (χ2n) is 3.77. The molecule has 0 spiro atoms. The lowest BCUT2D eigenvalue weighted by molar-refractivity contribution is -0.122. The molecule has 0 bridgehead atoms. The summed E-state index contributed by atoms with van der Waals surface area (Å²) in [5.74, 6) is 0.0312. The molecule has 1 amide bonds. The molecule has 2 unspecified atom stereocenters. The summed E-state index contributed by atoms with van der Waals surface area (Å²) in [4.78, 5) is 13.7. The van der Waals surface area contributed by atoms with Crippen LogP contribution in [0.1, 0.15) is 20.8 Å². The van der Waals surface area contributed by atoms with Crippen molar-refractivity contribution in [3.05, 3.63) is 0 Å². The smallest absolute Gasteiger partial charge is 0.234 e. The molecule has 0 aliphatic carbocycles. The van der Waals surface area contributed by atoms with Crippen molar-refractivity contribution in [1.29, 1.82) is 0 Å². The van der Waals surface area contributed by atoms with Gasteiger partial charge in [0.1, 0.15) is 0 Å². The summed E-state index contributed by atoms with van der Waals surface area (Å²) in [6, 6.07) is 0.00284. The van der Waals surface area contributed by atoms with Crippen LogP contribution in [-0.2, 0) is 4.79 Å². The number of aliphatic hydroxyl groups excluding tert-OH is 1. The predicted octanol–water partition coefficient (Wildman–Crippen LogP) is 0.557. The number of nitrogens with one attached hydrogen (secondary N) is 1. The Kier molecular flexibility index (Phi) is 8.70. The molecular formula is C11H24N2O2S. The fourth-order valence-electron chi connectivity index (χ4n) is 1.48. The van der Waals surface area contributed by atoms with Gasteiger partial charge in [0.15, 0.2) is 0 Å². The first-order valence-corrected chi connectivity index (χ1v) is 7.03. The second-order valence-corrected chi connectivity index (χ2v) is 4.85. The van der Waals surface area contributed by atoms with Gasteiger partial charge in [0.05, 0.1) is 13.2 Å². The normalized spacial score (nSPS) is 14.9. The topological polar surface area (TPSA) is 52.6 Å². The number of rotatable bonds is 8. The Hall–Kier alpha value is -0.260. The molecule has 0 radical (unpaired) electrons. The number of carbonyl (C=O) groups is 1. The molecule has 0 aromatic carbocycles. The van der Waals surface area contributed by atoms with Crippen molar-refractivity contribution in [2.75, 3.05) is 32.5 Å².